The van der Waals surface area contributed by atoms with Gasteiger partial charge in [-0.05, 0) is 23.6 Å². The Labute approximate surface area is 140 Å². The molecule has 0 bridgehead atoms. The number of fused-ring (bicyclic) bond motifs is 3. The summed E-state index contributed by atoms with van der Waals surface area (Å²) in [5.41, 5.74) is 4.86. The third kappa shape index (κ3) is 2.80. The van der Waals surface area contributed by atoms with Crippen molar-refractivity contribution in [1.82, 2.24) is 9.97 Å². The van der Waals surface area contributed by atoms with E-state index in [0.717, 1.165) is 34.2 Å². The second kappa shape index (κ2) is 6.39. The fourth-order valence-corrected chi connectivity index (χ4v) is 2.91. The van der Waals surface area contributed by atoms with E-state index in [2.05, 4.69) is 41.2 Å². The van der Waals surface area contributed by atoms with Crippen LogP contribution in [0.4, 0.5) is 0 Å². The lowest BCUT2D eigenvalue weighted by molar-refractivity contribution is 0.646. The smallest absolute Gasteiger partial charge is 0.175 e. The first-order chi connectivity index (χ1) is 10.8. The van der Waals surface area contributed by atoms with E-state index in [-0.39, 0.29) is 12.4 Å². The lowest BCUT2D eigenvalue weighted by Crippen LogP contribution is -2.01. The predicted molar refractivity (Wildman–Crippen MR) is 95.1 cm³/mol. The molecular weight excluding hydrogens is 308 g/mol. The molecule has 2 aromatic heterocycles. The molecule has 0 aliphatic carbocycles. The van der Waals surface area contributed by atoms with Gasteiger partial charge in [-0.1, -0.05) is 49.4 Å². The van der Waals surface area contributed by atoms with Crippen molar-refractivity contribution < 1.29 is 4.42 Å². The van der Waals surface area contributed by atoms with Gasteiger partial charge in [0.25, 0.3) is 0 Å². The Morgan fingerprint density at radius 1 is 0.957 bits per heavy atom. The standard InChI is InChI=1S/C19H16N2O.ClH/c1-13(14-7-3-2-4-8-14)11-16-19-18(21-12-20-16)15-9-5-6-10-17(15)22-19;/h2-10,12-13H,11H2,1H3;1H. The van der Waals surface area contributed by atoms with Gasteiger partial charge in [0.05, 0.1) is 5.69 Å². The minimum atomic E-state index is 0. The van der Waals surface area contributed by atoms with E-state index in [0.29, 0.717) is 5.92 Å². The normalized spacial score (nSPS) is 12.2. The second-order valence-corrected chi connectivity index (χ2v) is 5.61. The molecule has 0 aliphatic rings. The van der Waals surface area contributed by atoms with Gasteiger partial charge < -0.3 is 4.42 Å². The van der Waals surface area contributed by atoms with Gasteiger partial charge in [0.2, 0.25) is 0 Å². The SMILES string of the molecule is CC(Cc1ncnc2c1oc1ccccc12)c1ccccc1.Cl. The van der Waals surface area contributed by atoms with Crippen molar-refractivity contribution in [3.05, 3.63) is 72.2 Å². The fraction of sp³-hybridized carbons (Fsp3) is 0.158. The zero-order chi connectivity index (χ0) is 14.9. The van der Waals surface area contributed by atoms with Gasteiger partial charge in [0, 0.05) is 11.8 Å². The van der Waals surface area contributed by atoms with Crippen LogP contribution in [0, 0.1) is 0 Å². The topological polar surface area (TPSA) is 38.9 Å². The molecule has 23 heavy (non-hydrogen) atoms. The van der Waals surface area contributed by atoms with Crippen LogP contribution in [0.2, 0.25) is 0 Å². The van der Waals surface area contributed by atoms with E-state index < -0.39 is 0 Å². The molecule has 2 heterocycles. The zero-order valence-corrected chi connectivity index (χ0v) is 13.6. The van der Waals surface area contributed by atoms with E-state index in [9.17, 15) is 0 Å². The summed E-state index contributed by atoms with van der Waals surface area (Å²) in [7, 11) is 0. The van der Waals surface area contributed by atoms with Gasteiger partial charge in [0.1, 0.15) is 17.4 Å². The summed E-state index contributed by atoms with van der Waals surface area (Å²) < 4.78 is 6.00. The number of hydrogen-bond donors (Lipinski definition) is 0. The molecule has 0 amide bonds. The predicted octanol–water partition coefficient (Wildman–Crippen LogP) is 5.14. The van der Waals surface area contributed by atoms with Gasteiger partial charge in [-0.15, -0.1) is 12.4 Å². The first kappa shape index (κ1) is 15.5. The lowest BCUT2D eigenvalue weighted by atomic mass is 9.96. The average molecular weight is 325 g/mol. The summed E-state index contributed by atoms with van der Waals surface area (Å²) in [5, 5.41) is 1.05. The van der Waals surface area contributed by atoms with E-state index in [1.807, 2.05) is 30.3 Å². The summed E-state index contributed by atoms with van der Waals surface area (Å²) in [6.07, 6.45) is 2.47. The summed E-state index contributed by atoms with van der Waals surface area (Å²) in [5.74, 6) is 0.382. The Hall–Kier alpha value is -2.39. The molecule has 1 unspecified atom stereocenters. The quantitative estimate of drug-likeness (QED) is 0.523. The van der Waals surface area contributed by atoms with E-state index in [4.69, 9.17) is 4.42 Å². The summed E-state index contributed by atoms with van der Waals surface area (Å²) >= 11 is 0. The summed E-state index contributed by atoms with van der Waals surface area (Å²) in [6, 6.07) is 18.5. The van der Waals surface area contributed by atoms with Crippen LogP contribution >= 0.6 is 12.4 Å². The second-order valence-electron chi connectivity index (χ2n) is 5.61. The molecule has 2 aromatic carbocycles. The zero-order valence-electron chi connectivity index (χ0n) is 12.8. The molecule has 0 aliphatic heterocycles. The van der Waals surface area contributed by atoms with Crippen LogP contribution in [-0.4, -0.2) is 9.97 Å². The van der Waals surface area contributed by atoms with Crippen molar-refractivity contribution in [3.63, 3.8) is 0 Å². The molecule has 0 saturated carbocycles. The number of hydrogen-bond acceptors (Lipinski definition) is 3. The molecule has 4 aromatic rings. The maximum Gasteiger partial charge on any atom is 0.175 e. The number of halogens is 1. The van der Waals surface area contributed by atoms with Crippen molar-refractivity contribution >= 4 is 34.5 Å². The Kier molecular flexibility index (Phi) is 4.30. The number of rotatable bonds is 3. The Morgan fingerprint density at radius 2 is 1.70 bits per heavy atom. The van der Waals surface area contributed by atoms with Gasteiger partial charge in [-0.2, -0.15) is 0 Å². The fourth-order valence-electron chi connectivity index (χ4n) is 2.91. The van der Waals surface area contributed by atoms with E-state index in [1.165, 1.54) is 5.56 Å². The van der Waals surface area contributed by atoms with E-state index >= 15 is 0 Å². The number of furan rings is 1. The molecular formula is C19H17ClN2O. The highest BCUT2D eigenvalue weighted by Gasteiger charge is 2.15. The van der Waals surface area contributed by atoms with Crippen molar-refractivity contribution in [2.75, 3.05) is 0 Å². The summed E-state index contributed by atoms with van der Waals surface area (Å²) in [4.78, 5) is 8.87. The molecule has 0 radical (unpaired) electrons. The van der Waals surface area contributed by atoms with Gasteiger partial charge >= 0.3 is 0 Å². The van der Waals surface area contributed by atoms with Crippen LogP contribution in [0.1, 0.15) is 24.1 Å². The number of nitrogens with zero attached hydrogens (tertiary/aromatic N) is 2. The van der Waals surface area contributed by atoms with Crippen molar-refractivity contribution in [1.29, 1.82) is 0 Å². The molecule has 4 rings (SSSR count). The van der Waals surface area contributed by atoms with Gasteiger partial charge in [0.15, 0.2) is 5.58 Å². The Balaban J connectivity index is 0.00000156. The van der Waals surface area contributed by atoms with Crippen molar-refractivity contribution in [2.24, 2.45) is 0 Å². The minimum absolute atomic E-state index is 0. The van der Waals surface area contributed by atoms with Crippen LogP contribution < -0.4 is 0 Å². The monoisotopic (exact) mass is 324 g/mol. The third-order valence-electron chi connectivity index (χ3n) is 4.10. The molecule has 0 saturated heterocycles. The number of aromatic nitrogens is 2. The molecule has 4 heteroatoms. The first-order valence-electron chi connectivity index (χ1n) is 7.49. The maximum atomic E-state index is 6.00. The van der Waals surface area contributed by atoms with Gasteiger partial charge in [-0.3, -0.25) is 0 Å². The Morgan fingerprint density at radius 3 is 2.52 bits per heavy atom. The van der Waals surface area contributed by atoms with Crippen molar-refractivity contribution in [2.45, 2.75) is 19.3 Å². The molecule has 116 valence electrons. The Bertz CT molecular complexity index is 934. The number of benzene rings is 2. The van der Waals surface area contributed by atoms with Crippen LogP contribution in [0.5, 0.6) is 0 Å². The molecule has 0 spiro atoms. The highest BCUT2D eigenvalue weighted by Crippen LogP contribution is 2.30. The van der Waals surface area contributed by atoms with E-state index in [1.54, 1.807) is 6.33 Å². The molecule has 0 fully saturated rings. The van der Waals surface area contributed by atoms with Crippen LogP contribution in [0.3, 0.4) is 0 Å². The third-order valence-corrected chi connectivity index (χ3v) is 4.10. The van der Waals surface area contributed by atoms with Gasteiger partial charge in [-0.25, -0.2) is 9.97 Å². The molecule has 1 atom stereocenters. The summed E-state index contributed by atoms with van der Waals surface area (Å²) in [6.45, 7) is 2.21. The molecule has 0 N–H and O–H groups in total. The average Bonchev–Trinajstić information content (AvgIpc) is 2.95. The minimum Gasteiger partial charge on any atom is -0.452 e. The largest absolute Gasteiger partial charge is 0.452 e. The highest BCUT2D eigenvalue weighted by atomic mass is 35.5. The first-order valence-corrected chi connectivity index (χ1v) is 7.49. The molecule has 3 nitrogen and oxygen atoms in total. The van der Waals surface area contributed by atoms with Crippen LogP contribution in [-0.2, 0) is 6.42 Å². The highest BCUT2D eigenvalue weighted by molar-refractivity contribution is 6.02. The van der Waals surface area contributed by atoms with Crippen LogP contribution in [0.15, 0.2) is 65.3 Å². The maximum absolute atomic E-state index is 6.00. The van der Waals surface area contributed by atoms with Crippen LogP contribution in [0.25, 0.3) is 22.1 Å². The van der Waals surface area contributed by atoms with Crippen molar-refractivity contribution in [3.8, 4) is 0 Å². The number of para-hydroxylation sites is 1. The lowest BCUT2D eigenvalue weighted by Gasteiger charge is -2.11.